The van der Waals surface area contributed by atoms with Gasteiger partial charge in [0.15, 0.2) is 0 Å². The second-order valence-electron chi connectivity index (χ2n) is 6.14. The van der Waals surface area contributed by atoms with Crippen LogP contribution in [-0.2, 0) is 6.54 Å². The van der Waals surface area contributed by atoms with E-state index in [1.165, 1.54) is 11.1 Å². The lowest BCUT2D eigenvalue weighted by Gasteiger charge is -2.14. The van der Waals surface area contributed by atoms with Crippen LogP contribution in [0.15, 0.2) is 54.7 Å². The van der Waals surface area contributed by atoms with Crippen molar-refractivity contribution in [1.29, 1.82) is 0 Å². The van der Waals surface area contributed by atoms with E-state index >= 15 is 0 Å². The first kappa shape index (κ1) is 17.3. The quantitative estimate of drug-likeness (QED) is 0.605. The van der Waals surface area contributed by atoms with E-state index in [2.05, 4.69) is 30.2 Å². The maximum Gasteiger partial charge on any atom is 0.132 e. The average molecular weight is 353 g/mol. The largest absolute Gasteiger partial charge is 0.457 e. The molecule has 0 aliphatic carbocycles. The topological polar surface area (TPSA) is 34.1 Å². The minimum absolute atomic E-state index is 0.615. The van der Waals surface area contributed by atoms with E-state index in [0.29, 0.717) is 11.6 Å². The lowest BCUT2D eigenvalue weighted by molar-refractivity contribution is 0.476. The van der Waals surface area contributed by atoms with Crippen molar-refractivity contribution in [2.75, 3.05) is 5.32 Å². The Kier molecular flexibility index (Phi) is 5.25. The summed E-state index contributed by atoms with van der Waals surface area (Å²) < 4.78 is 6.10. The monoisotopic (exact) mass is 352 g/mol. The number of aryl methyl sites for hydroxylation is 3. The molecule has 128 valence electrons. The molecule has 3 rings (SSSR count). The molecule has 0 aliphatic heterocycles. The lowest BCUT2D eigenvalue weighted by Crippen LogP contribution is -2.02. The Morgan fingerprint density at radius 2 is 1.80 bits per heavy atom. The summed E-state index contributed by atoms with van der Waals surface area (Å²) >= 11 is 6.18. The number of anilines is 1. The van der Waals surface area contributed by atoms with E-state index in [-0.39, 0.29) is 0 Å². The van der Waals surface area contributed by atoms with Gasteiger partial charge in [0.1, 0.15) is 11.5 Å². The van der Waals surface area contributed by atoms with Gasteiger partial charge in [0, 0.05) is 34.7 Å². The number of nitrogens with zero attached hydrogens (tertiary/aromatic N) is 1. The number of hydrogen-bond donors (Lipinski definition) is 1. The third-order valence-electron chi connectivity index (χ3n) is 4.11. The third kappa shape index (κ3) is 4.52. The van der Waals surface area contributed by atoms with Gasteiger partial charge >= 0.3 is 0 Å². The van der Waals surface area contributed by atoms with Gasteiger partial charge in [-0.1, -0.05) is 17.7 Å². The minimum atomic E-state index is 0.615. The van der Waals surface area contributed by atoms with Gasteiger partial charge in [-0.05, 0) is 74.4 Å². The molecule has 0 saturated carbocycles. The molecule has 0 unspecified atom stereocenters. The van der Waals surface area contributed by atoms with Crippen LogP contribution in [0.2, 0.25) is 5.02 Å². The molecule has 1 heterocycles. The molecule has 1 N–H and O–H groups in total. The molecule has 4 heteroatoms. The molecule has 2 aromatic carbocycles. The van der Waals surface area contributed by atoms with Crippen LogP contribution in [-0.4, -0.2) is 4.98 Å². The number of aromatic nitrogens is 1. The zero-order valence-corrected chi connectivity index (χ0v) is 15.4. The summed E-state index contributed by atoms with van der Waals surface area (Å²) in [7, 11) is 0. The molecule has 0 amide bonds. The Hall–Kier alpha value is -2.52. The van der Waals surface area contributed by atoms with Crippen molar-refractivity contribution in [3.63, 3.8) is 0 Å². The maximum absolute atomic E-state index is 6.18. The fraction of sp³-hybridized carbons (Fsp3) is 0.190. The minimum Gasteiger partial charge on any atom is -0.457 e. The van der Waals surface area contributed by atoms with E-state index in [1.807, 2.05) is 49.4 Å². The van der Waals surface area contributed by atoms with Crippen molar-refractivity contribution in [3.05, 3.63) is 82.1 Å². The van der Waals surface area contributed by atoms with Crippen molar-refractivity contribution < 1.29 is 4.74 Å². The van der Waals surface area contributed by atoms with Crippen molar-refractivity contribution in [1.82, 2.24) is 4.98 Å². The highest BCUT2D eigenvalue weighted by Gasteiger charge is 2.07. The van der Waals surface area contributed by atoms with Crippen LogP contribution in [0.25, 0.3) is 0 Å². The zero-order chi connectivity index (χ0) is 17.8. The summed E-state index contributed by atoms with van der Waals surface area (Å²) in [6.07, 6.45) is 1.79. The smallest absolute Gasteiger partial charge is 0.132 e. The molecule has 25 heavy (non-hydrogen) atoms. The van der Waals surface area contributed by atoms with Crippen LogP contribution in [0.1, 0.15) is 22.4 Å². The maximum atomic E-state index is 6.18. The number of halogens is 1. The van der Waals surface area contributed by atoms with E-state index in [9.17, 15) is 0 Å². The molecule has 3 aromatic rings. The normalized spacial score (nSPS) is 10.6. The van der Waals surface area contributed by atoms with E-state index < -0.39 is 0 Å². The van der Waals surface area contributed by atoms with Gasteiger partial charge in [-0.25, -0.2) is 0 Å². The summed E-state index contributed by atoms with van der Waals surface area (Å²) in [6.45, 7) is 6.76. The highest BCUT2D eigenvalue weighted by molar-refractivity contribution is 6.30. The fourth-order valence-corrected chi connectivity index (χ4v) is 2.74. The van der Waals surface area contributed by atoms with Crippen molar-refractivity contribution >= 4 is 17.3 Å². The van der Waals surface area contributed by atoms with Crippen molar-refractivity contribution in [2.24, 2.45) is 0 Å². The molecule has 0 spiro atoms. The number of hydrogen-bond acceptors (Lipinski definition) is 3. The zero-order valence-electron chi connectivity index (χ0n) is 14.6. The molecule has 0 aliphatic rings. The van der Waals surface area contributed by atoms with Gasteiger partial charge in [0.2, 0.25) is 0 Å². The molecule has 0 bridgehead atoms. The molecular formula is C21H21ClN2O. The third-order valence-corrected chi connectivity index (χ3v) is 4.34. The van der Waals surface area contributed by atoms with E-state index in [1.54, 1.807) is 6.20 Å². The number of rotatable bonds is 5. The van der Waals surface area contributed by atoms with Crippen LogP contribution >= 0.6 is 11.6 Å². The summed E-state index contributed by atoms with van der Waals surface area (Å²) in [6, 6.07) is 15.7. The Morgan fingerprint density at radius 1 is 0.960 bits per heavy atom. The van der Waals surface area contributed by atoms with Gasteiger partial charge in [0.05, 0.1) is 0 Å². The summed E-state index contributed by atoms with van der Waals surface area (Å²) in [5, 5.41) is 4.09. The molecule has 1 aromatic heterocycles. The van der Waals surface area contributed by atoms with E-state index in [4.69, 9.17) is 16.3 Å². The van der Waals surface area contributed by atoms with Gasteiger partial charge in [-0.3, -0.25) is 4.98 Å². The van der Waals surface area contributed by atoms with Crippen molar-refractivity contribution in [2.45, 2.75) is 27.3 Å². The molecule has 0 saturated heterocycles. The second kappa shape index (κ2) is 7.58. The summed E-state index contributed by atoms with van der Waals surface area (Å²) in [5.41, 5.74) is 5.45. The van der Waals surface area contributed by atoms with Gasteiger partial charge in [-0.2, -0.15) is 0 Å². The van der Waals surface area contributed by atoms with E-state index in [0.717, 1.165) is 28.4 Å². The Balaban J connectivity index is 1.81. The first-order chi connectivity index (χ1) is 12.0. The van der Waals surface area contributed by atoms with Crippen LogP contribution in [0, 0.1) is 20.8 Å². The Labute approximate surface area is 153 Å². The predicted molar refractivity (Wildman–Crippen MR) is 104 cm³/mol. The Bertz CT molecular complexity index is 893. The highest BCUT2D eigenvalue weighted by atomic mass is 35.5. The Morgan fingerprint density at radius 3 is 2.56 bits per heavy atom. The molecule has 0 fully saturated rings. The number of nitrogens with one attached hydrogen (secondary N) is 1. The first-order valence-corrected chi connectivity index (χ1v) is 8.59. The predicted octanol–water partition coefficient (Wildman–Crippen LogP) is 6.06. The van der Waals surface area contributed by atoms with Gasteiger partial charge in [-0.15, -0.1) is 0 Å². The fourth-order valence-electron chi connectivity index (χ4n) is 2.54. The number of ether oxygens (including phenoxy) is 1. The second-order valence-corrected chi connectivity index (χ2v) is 6.58. The molecule has 0 radical (unpaired) electrons. The molecular weight excluding hydrogens is 332 g/mol. The highest BCUT2D eigenvalue weighted by Crippen LogP contribution is 2.29. The summed E-state index contributed by atoms with van der Waals surface area (Å²) in [5.74, 6) is 1.62. The number of benzene rings is 2. The van der Waals surface area contributed by atoms with Crippen LogP contribution in [0.3, 0.4) is 0 Å². The average Bonchev–Trinajstić information content (AvgIpc) is 2.58. The molecule has 3 nitrogen and oxygen atoms in total. The van der Waals surface area contributed by atoms with Crippen LogP contribution in [0.5, 0.6) is 11.5 Å². The number of pyridine rings is 1. The standard InChI is InChI=1S/C21H21ClN2O/c1-14-4-6-20(10-15(14)2)25-21-7-5-18(22)12-17(21)13-24-19-8-9-23-16(3)11-19/h4-12H,13H2,1-3H3,(H,23,24). The molecule has 0 atom stereocenters. The van der Waals surface area contributed by atoms with Crippen LogP contribution in [0.4, 0.5) is 5.69 Å². The van der Waals surface area contributed by atoms with Crippen LogP contribution < -0.4 is 10.1 Å². The van der Waals surface area contributed by atoms with Gasteiger partial charge < -0.3 is 10.1 Å². The first-order valence-electron chi connectivity index (χ1n) is 8.21. The SMILES string of the molecule is Cc1cc(NCc2cc(Cl)ccc2Oc2ccc(C)c(C)c2)ccn1. The van der Waals surface area contributed by atoms with Crippen molar-refractivity contribution in [3.8, 4) is 11.5 Å². The van der Waals surface area contributed by atoms with Gasteiger partial charge in [0.25, 0.3) is 0 Å². The summed E-state index contributed by atoms with van der Waals surface area (Å²) in [4.78, 5) is 4.21. The lowest BCUT2D eigenvalue weighted by atomic mass is 10.1.